The fraction of sp³-hybridized carbons (Fsp3) is 1.00. The molecule has 0 aromatic carbocycles. The first-order valence-corrected chi connectivity index (χ1v) is 8.45. The quantitative estimate of drug-likeness (QED) is 0.706. The highest BCUT2D eigenvalue weighted by molar-refractivity contribution is 5.06. The van der Waals surface area contributed by atoms with Crippen molar-refractivity contribution in [3.63, 3.8) is 0 Å². The normalized spacial score (nSPS) is 60.5. The standard InChI is InChI=1S/C17H28O2/c1-17-7-6-12-13(15(17)4-5-16(17)19)3-2-10-8-11(18)9-14(10)12/h10-16,18-19H,2-9H2,1H3/t10-,11+,12-,13+,14-,15-,16-,17-/m0/s1. The van der Waals surface area contributed by atoms with Gasteiger partial charge < -0.3 is 10.2 Å². The molecule has 2 heteroatoms. The van der Waals surface area contributed by atoms with Gasteiger partial charge in [-0.15, -0.1) is 0 Å². The Bertz CT molecular complexity index is 368. The van der Waals surface area contributed by atoms with Gasteiger partial charge in [0.25, 0.3) is 0 Å². The largest absolute Gasteiger partial charge is 0.393 e. The average molecular weight is 264 g/mol. The number of fused-ring (bicyclic) bond motifs is 5. The van der Waals surface area contributed by atoms with Gasteiger partial charge in [0.1, 0.15) is 0 Å². The second kappa shape index (κ2) is 4.21. The molecule has 0 amide bonds. The maximum absolute atomic E-state index is 10.4. The summed E-state index contributed by atoms with van der Waals surface area (Å²) >= 11 is 0. The molecule has 4 fully saturated rings. The van der Waals surface area contributed by atoms with Gasteiger partial charge in [0.2, 0.25) is 0 Å². The van der Waals surface area contributed by atoms with Gasteiger partial charge in [0, 0.05) is 0 Å². The molecule has 0 bridgehead atoms. The van der Waals surface area contributed by atoms with Crippen LogP contribution in [-0.2, 0) is 0 Å². The molecule has 4 rings (SSSR count). The van der Waals surface area contributed by atoms with E-state index < -0.39 is 0 Å². The molecule has 0 aliphatic heterocycles. The fourth-order valence-electron chi connectivity index (χ4n) is 6.63. The van der Waals surface area contributed by atoms with E-state index >= 15 is 0 Å². The zero-order chi connectivity index (χ0) is 13.2. The third-order valence-corrected chi connectivity index (χ3v) is 7.59. The molecular formula is C17H28O2. The Balaban J connectivity index is 1.60. The van der Waals surface area contributed by atoms with Crippen molar-refractivity contribution in [1.82, 2.24) is 0 Å². The van der Waals surface area contributed by atoms with Gasteiger partial charge in [0.05, 0.1) is 12.2 Å². The second-order valence-electron chi connectivity index (χ2n) is 8.20. The minimum Gasteiger partial charge on any atom is -0.393 e. The zero-order valence-electron chi connectivity index (χ0n) is 12.1. The van der Waals surface area contributed by atoms with Crippen LogP contribution in [0.5, 0.6) is 0 Å². The molecule has 0 unspecified atom stereocenters. The molecule has 2 N–H and O–H groups in total. The minimum atomic E-state index is -0.0506. The van der Waals surface area contributed by atoms with E-state index in [1.54, 1.807) is 0 Å². The summed E-state index contributed by atoms with van der Waals surface area (Å²) in [6.07, 6.45) is 9.58. The van der Waals surface area contributed by atoms with E-state index in [1.165, 1.54) is 32.1 Å². The van der Waals surface area contributed by atoms with Crippen molar-refractivity contribution < 1.29 is 10.2 Å². The molecule has 0 aromatic rings. The Morgan fingerprint density at radius 2 is 1.68 bits per heavy atom. The Morgan fingerprint density at radius 1 is 0.842 bits per heavy atom. The SMILES string of the molecule is C[C@]12CC[C@H]3[C@@H](CC[C@H]4C[C@@H](O)C[C@@H]43)[C@@H]1CC[C@@H]2O. The number of hydrogen-bond acceptors (Lipinski definition) is 2. The Kier molecular flexibility index (Phi) is 2.80. The van der Waals surface area contributed by atoms with E-state index in [9.17, 15) is 10.2 Å². The zero-order valence-corrected chi connectivity index (χ0v) is 12.1. The summed E-state index contributed by atoms with van der Waals surface area (Å²) in [7, 11) is 0. The highest BCUT2D eigenvalue weighted by Gasteiger charge is 2.57. The van der Waals surface area contributed by atoms with Crippen LogP contribution in [0.2, 0.25) is 0 Å². The summed E-state index contributed by atoms with van der Waals surface area (Å²) in [5.74, 6) is 4.09. The molecule has 0 radical (unpaired) electrons. The molecule has 4 aliphatic carbocycles. The summed E-state index contributed by atoms with van der Waals surface area (Å²) in [5, 5.41) is 20.4. The monoisotopic (exact) mass is 264 g/mol. The molecule has 4 aliphatic rings. The first-order chi connectivity index (χ1) is 9.09. The van der Waals surface area contributed by atoms with Crippen molar-refractivity contribution in [1.29, 1.82) is 0 Å². The number of hydrogen-bond donors (Lipinski definition) is 2. The van der Waals surface area contributed by atoms with E-state index in [2.05, 4.69) is 6.92 Å². The van der Waals surface area contributed by atoms with Crippen LogP contribution in [0.15, 0.2) is 0 Å². The van der Waals surface area contributed by atoms with Gasteiger partial charge in [-0.1, -0.05) is 6.92 Å². The van der Waals surface area contributed by atoms with Crippen LogP contribution in [-0.4, -0.2) is 22.4 Å². The molecule has 0 saturated heterocycles. The summed E-state index contributed by atoms with van der Waals surface area (Å²) in [5.41, 5.74) is 0.214. The average Bonchev–Trinajstić information content (AvgIpc) is 2.90. The van der Waals surface area contributed by atoms with E-state index in [0.29, 0.717) is 0 Å². The number of aliphatic hydroxyl groups excluding tert-OH is 2. The van der Waals surface area contributed by atoms with Crippen molar-refractivity contribution in [2.24, 2.45) is 35.0 Å². The smallest absolute Gasteiger partial charge is 0.0596 e. The molecule has 8 atom stereocenters. The van der Waals surface area contributed by atoms with Gasteiger partial charge >= 0.3 is 0 Å². The van der Waals surface area contributed by atoms with Crippen LogP contribution >= 0.6 is 0 Å². The highest BCUT2D eigenvalue weighted by Crippen LogP contribution is 2.62. The topological polar surface area (TPSA) is 40.5 Å². The summed E-state index contributed by atoms with van der Waals surface area (Å²) in [6, 6.07) is 0. The number of rotatable bonds is 0. The van der Waals surface area contributed by atoms with E-state index in [1.807, 2.05) is 0 Å². The van der Waals surface area contributed by atoms with Crippen LogP contribution in [0.3, 0.4) is 0 Å². The van der Waals surface area contributed by atoms with Crippen LogP contribution in [0, 0.1) is 35.0 Å². The van der Waals surface area contributed by atoms with E-state index in [4.69, 9.17) is 0 Å². The lowest BCUT2D eigenvalue weighted by Crippen LogP contribution is -2.47. The van der Waals surface area contributed by atoms with E-state index in [0.717, 1.165) is 48.9 Å². The van der Waals surface area contributed by atoms with Crippen molar-refractivity contribution in [3.8, 4) is 0 Å². The molecule has 19 heavy (non-hydrogen) atoms. The Labute approximate surface area is 116 Å². The van der Waals surface area contributed by atoms with Gasteiger partial charge in [-0.3, -0.25) is 0 Å². The maximum atomic E-state index is 10.4. The van der Waals surface area contributed by atoms with Crippen molar-refractivity contribution in [2.75, 3.05) is 0 Å². The third kappa shape index (κ3) is 1.68. The van der Waals surface area contributed by atoms with Crippen LogP contribution in [0.1, 0.15) is 58.3 Å². The molecule has 4 saturated carbocycles. The maximum Gasteiger partial charge on any atom is 0.0596 e. The van der Waals surface area contributed by atoms with Crippen LogP contribution in [0.25, 0.3) is 0 Å². The molecule has 108 valence electrons. The lowest BCUT2D eigenvalue weighted by Gasteiger charge is -2.53. The molecular weight excluding hydrogens is 236 g/mol. The van der Waals surface area contributed by atoms with Crippen molar-refractivity contribution in [3.05, 3.63) is 0 Å². The Morgan fingerprint density at radius 3 is 2.53 bits per heavy atom. The van der Waals surface area contributed by atoms with Crippen LogP contribution in [0.4, 0.5) is 0 Å². The predicted octanol–water partition coefficient (Wildman–Crippen LogP) is 2.97. The molecule has 0 aromatic heterocycles. The lowest BCUT2D eigenvalue weighted by atomic mass is 9.53. The van der Waals surface area contributed by atoms with Crippen LogP contribution < -0.4 is 0 Å². The van der Waals surface area contributed by atoms with E-state index in [-0.39, 0.29) is 17.6 Å². The van der Waals surface area contributed by atoms with Gasteiger partial charge in [-0.05, 0) is 86.4 Å². The first kappa shape index (κ1) is 12.6. The minimum absolute atomic E-state index is 0.0174. The van der Waals surface area contributed by atoms with Crippen molar-refractivity contribution in [2.45, 2.75) is 70.5 Å². The van der Waals surface area contributed by atoms with Gasteiger partial charge in [0.15, 0.2) is 0 Å². The number of aliphatic hydroxyl groups is 2. The van der Waals surface area contributed by atoms with Gasteiger partial charge in [-0.25, -0.2) is 0 Å². The molecule has 0 heterocycles. The van der Waals surface area contributed by atoms with Crippen molar-refractivity contribution >= 4 is 0 Å². The summed E-state index contributed by atoms with van der Waals surface area (Å²) in [6.45, 7) is 2.35. The Hall–Kier alpha value is -0.0800. The highest BCUT2D eigenvalue weighted by atomic mass is 16.3. The predicted molar refractivity (Wildman–Crippen MR) is 74.5 cm³/mol. The summed E-state index contributed by atoms with van der Waals surface area (Å²) < 4.78 is 0. The molecule has 0 spiro atoms. The summed E-state index contributed by atoms with van der Waals surface area (Å²) in [4.78, 5) is 0. The third-order valence-electron chi connectivity index (χ3n) is 7.59. The van der Waals surface area contributed by atoms with Gasteiger partial charge in [-0.2, -0.15) is 0 Å². The lowest BCUT2D eigenvalue weighted by molar-refractivity contribution is -0.0689. The first-order valence-electron chi connectivity index (χ1n) is 8.45. The fourth-order valence-corrected chi connectivity index (χ4v) is 6.63. The second-order valence-corrected chi connectivity index (χ2v) is 8.20. The molecule has 2 nitrogen and oxygen atoms in total.